The van der Waals surface area contributed by atoms with Crippen LogP contribution in [-0.2, 0) is 4.79 Å². The van der Waals surface area contributed by atoms with Gasteiger partial charge < -0.3 is 10.1 Å². The Hall–Kier alpha value is -2.32. The maximum absolute atomic E-state index is 12.0. The fraction of sp³-hybridized carbons (Fsp3) is 0.125. The van der Waals surface area contributed by atoms with Gasteiger partial charge >= 0.3 is 0 Å². The Labute approximate surface area is 131 Å². The van der Waals surface area contributed by atoms with Crippen LogP contribution < -0.4 is 10.1 Å². The van der Waals surface area contributed by atoms with E-state index in [1.54, 1.807) is 43.3 Å². The third kappa shape index (κ3) is 4.33. The SMILES string of the molecule is CC(Oc1cccc(Br)c1)C(=O)Nc1ccc(C#N)cc1. The number of nitriles is 1. The molecule has 0 aliphatic rings. The van der Waals surface area contributed by atoms with Crippen molar-refractivity contribution in [2.45, 2.75) is 13.0 Å². The van der Waals surface area contributed by atoms with E-state index in [1.807, 2.05) is 18.2 Å². The molecule has 5 heteroatoms. The van der Waals surface area contributed by atoms with E-state index in [4.69, 9.17) is 10.00 Å². The van der Waals surface area contributed by atoms with Gasteiger partial charge in [0.05, 0.1) is 11.6 Å². The second-order valence-corrected chi connectivity index (χ2v) is 5.31. The maximum Gasteiger partial charge on any atom is 0.265 e. The van der Waals surface area contributed by atoms with Crippen LogP contribution in [-0.4, -0.2) is 12.0 Å². The first-order chi connectivity index (χ1) is 10.1. The van der Waals surface area contributed by atoms with Crippen LogP contribution in [0, 0.1) is 11.3 Å². The molecule has 2 rings (SSSR count). The Morgan fingerprint density at radius 2 is 2.00 bits per heavy atom. The molecule has 0 fully saturated rings. The van der Waals surface area contributed by atoms with Gasteiger partial charge in [0.25, 0.3) is 5.91 Å². The molecule has 1 unspecified atom stereocenters. The van der Waals surface area contributed by atoms with Crippen molar-refractivity contribution in [2.75, 3.05) is 5.32 Å². The van der Waals surface area contributed by atoms with Gasteiger partial charge in [-0.15, -0.1) is 0 Å². The van der Waals surface area contributed by atoms with Gasteiger partial charge in [0.1, 0.15) is 5.75 Å². The summed E-state index contributed by atoms with van der Waals surface area (Å²) < 4.78 is 6.47. The smallest absolute Gasteiger partial charge is 0.265 e. The molecule has 0 aromatic heterocycles. The van der Waals surface area contributed by atoms with Crippen molar-refractivity contribution in [1.29, 1.82) is 5.26 Å². The second-order valence-electron chi connectivity index (χ2n) is 4.40. The Bertz CT molecular complexity index is 677. The molecule has 0 heterocycles. The summed E-state index contributed by atoms with van der Waals surface area (Å²) in [6, 6.07) is 16.0. The van der Waals surface area contributed by atoms with E-state index < -0.39 is 6.10 Å². The van der Waals surface area contributed by atoms with Crippen LogP contribution in [0.5, 0.6) is 5.75 Å². The van der Waals surface area contributed by atoms with Gasteiger partial charge in [-0.2, -0.15) is 5.26 Å². The molecule has 0 spiro atoms. The van der Waals surface area contributed by atoms with Crippen LogP contribution in [0.25, 0.3) is 0 Å². The van der Waals surface area contributed by atoms with E-state index in [0.29, 0.717) is 17.0 Å². The third-order valence-corrected chi connectivity index (χ3v) is 3.25. The first-order valence-corrected chi connectivity index (χ1v) is 7.11. The van der Waals surface area contributed by atoms with E-state index in [9.17, 15) is 4.79 Å². The molecule has 0 bridgehead atoms. The summed E-state index contributed by atoms with van der Waals surface area (Å²) in [5.74, 6) is 0.367. The molecule has 0 radical (unpaired) electrons. The van der Waals surface area contributed by atoms with E-state index in [2.05, 4.69) is 21.2 Å². The summed E-state index contributed by atoms with van der Waals surface area (Å²) in [6.45, 7) is 1.68. The second kappa shape index (κ2) is 6.91. The van der Waals surface area contributed by atoms with Gasteiger partial charge in [0.2, 0.25) is 0 Å². The zero-order valence-electron chi connectivity index (χ0n) is 11.3. The molecule has 4 nitrogen and oxygen atoms in total. The fourth-order valence-electron chi connectivity index (χ4n) is 1.67. The average molecular weight is 345 g/mol. The summed E-state index contributed by atoms with van der Waals surface area (Å²) in [6.07, 6.45) is -0.630. The standard InChI is InChI=1S/C16H13BrN2O2/c1-11(21-15-4-2-3-13(17)9-15)16(20)19-14-7-5-12(10-18)6-8-14/h2-9,11H,1H3,(H,19,20). The quantitative estimate of drug-likeness (QED) is 0.919. The summed E-state index contributed by atoms with van der Waals surface area (Å²) in [5, 5.41) is 11.5. The zero-order chi connectivity index (χ0) is 15.2. The normalized spacial score (nSPS) is 11.3. The summed E-state index contributed by atoms with van der Waals surface area (Å²) in [5.41, 5.74) is 1.18. The highest BCUT2D eigenvalue weighted by atomic mass is 79.9. The Morgan fingerprint density at radius 3 is 2.62 bits per heavy atom. The number of nitrogens with zero attached hydrogens (tertiary/aromatic N) is 1. The van der Waals surface area contributed by atoms with Crippen molar-refractivity contribution < 1.29 is 9.53 Å². The van der Waals surface area contributed by atoms with Crippen LogP contribution >= 0.6 is 15.9 Å². The molecule has 106 valence electrons. The molecule has 2 aromatic rings. The molecule has 1 N–H and O–H groups in total. The van der Waals surface area contributed by atoms with Crippen molar-refractivity contribution in [1.82, 2.24) is 0 Å². The Kier molecular flexibility index (Phi) is 4.96. The maximum atomic E-state index is 12.0. The van der Waals surface area contributed by atoms with E-state index in [0.717, 1.165) is 4.47 Å². The lowest BCUT2D eigenvalue weighted by Gasteiger charge is -2.15. The monoisotopic (exact) mass is 344 g/mol. The van der Waals surface area contributed by atoms with Crippen molar-refractivity contribution >= 4 is 27.5 Å². The average Bonchev–Trinajstić information content (AvgIpc) is 2.48. The van der Waals surface area contributed by atoms with Gasteiger partial charge in [0, 0.05) is 10.2 Å². The van der Waals surface area contributed by atoms with Gasteiger partial charge in [0.15, 0.2) is 6.10 Å². The highest BCUT2D eigenvalue weighted by Gasteiger charge is 2.14. The number of ether oxygens (including phenoxy) is 1. The van der Waals surface area contributed by atoms with Crippen LogP contribution in [0.1, 0.15) is 12.5 Å². The van der Waals surface area contributed by atoms with Crippen molar-refractivity contribution in [3.05, 3.63) is 58.6 Å². The molecule has 0 saturated heterocycles. The lowest BCUT2D eigenvalue weighted by molar-refractivity contribution is -0.122. The zero-order valence-corrected chi connectivity index (χ0v) is 12.9. The predicted octanol–water partition coefficient (Wildman–Crippen LogP) is 3.73. The number of benzene rings is 2. The summed E-state index contributed by atoms with van der Waals surface area (Å²) in [4.78, 5) is 12.0. The minimum absolute atomic E-state index is 0.250. The van der Waals surface area contributed by atoms with E-state index >= 15 is 0 Å². The molecule has 2 aromatic carbocycles. The number of anilines is 1. The summed E-state index contributed by atoms with van der Waals surface area (Å²) in [7, 11) is 0. The highest BCUT2D eigenvalue weighted by molar-refractivity contribution is 9.10. The molecule has 0 saturated carbocycles. The number of rotatable bonds is 4. The number of hydrogen-bond donors (Lipinski definition) is 1. The number of amides is 1. The first kappa shape index (κ1) is 15.1. The Morgan fingerprint density at radius 1 is 1.29 bits per heavy atom. The van der Waals surface area contributed by atoms with Gasteiger partial charge in [-0.25, -0.2) is 0 Å². The molecule has 21 heavy (non-hydrogen) atoms. The number of carbonyl (C=O) groups is 1. The third-order valence-electron chi connectivity index (χ3n) is 2.76. The van der Waals surface area contributed by atoms with Crippen molar-refractivity contribution in [3.8, 4) is 11.8 Å². The number of halogens is 1. The highest BCUT2D eigenvalue weighted by Crippen LogP contribution is 2.19. The predicted molar refractivity (Wildman–Crippen MR) is 84.0 cm³/mol. The lowest BCUT2D eigenvalue weighted by Crippen LogP contribution is -2.30. The minimum atomic E-state index is -0.630. The number of carbonyl (C=O) groups excluding carboxylic acids is 1. The largest absolute Gasteiger partial charge is 0.481 e. The minimum Gasteiger partial charge on any atom is -0.481 e. The molecule has 1 amide bonds. The van der Waals surface area contributed by atoms with E-state index in [1.165, 1.54) is 0 Å². The molecular formula is C16H13BrN2O2. The molecule has 1 atom stereocenters. The Balaban J connectivity index is 1.97. The van der Waals surface area contributed by atoms with E-state index in [-0.39, 0.29) is 5.91 Å². The van der Waals surface area contributed by atoms with Crippen LogP contribution in [0.15, 0.2) is 53.0 Å². The van der Waals surface area contributed by atoms with Gasteiger partial charge in [-0.3, -0.25) is 4.79 Å². The van der Waals surface area contributed by atoms with Crippen molar-refractivity contribution in [3.63, 3.8) is 0 Å². The molecular weight excluding hydrogens is 332 g/mol. The molecule has 0 aliphatic carbocycles. The van der Waals surface area contributed by atoms with Gasteiger partial charge in [-0.05, 0) is 49.4 Å². The first-order valence-electron chi connectivity index (χ1n) is 6.32. The van der Waals surface area contributed by atoms with Crippen LogP contribution in [0.3, 0.4) is 0 Å². The number of hydrogen-bond acceptors (Lipinski definition) is 3. The van der Waals surface area contributed by atoms with Crippen LogP contribution in [0.2, 0.25) is 0 Å². The number of nitrogens with one attached hydrogen (secondary N) is 1. The fourth-order valence-corrected chi connectivity index (χ4v) is 2.05. The van der Waals surface area contributed by atoms with Crippen LogP contribution in [0.4, 0.5) is 5.69 Å². The van der Waals surface area contributed by atoms with Crippen molar-refractivity contribution in [2.24, 2.45) is 0 Å². The van der Waals surface area contributed by atoms with Gasteiger partial charge in [-0.1, -0.05) is 22.0 Å². The molecule has 0 aliphatic heterocycles. The topological polar surface area (TPSA) is 62.1 Å². The lowest BCUT2D eigenvalue weighted by atomic mass is 10.2. The summed E-state index contributed by atoms with van der Waals surface area (Å²) >= 11 is 3.35.